The molecule has 1 amide bonds. The highest BCUT2D eigenvalue weighted by molar-refractivity contribution is 7.14. The molecule has 28 heavy (non-hydrogen) atoms. The number of carboxylic acids is 1. The minimum absolute atomic E-state index is 0.0329. The zero-order valence-electron chi connectivity index (χ0n) is 15.4. The zero-order valence-corrected chi connectivity index (χ0v) is 16.2. The number of carbonyl (C=O) groups is 2. The van der Waals surface area contributed by atoms with E-state index in [0.717, 1.165) is 28.8 Å². The van der Waals surface area contributed by atoms with Crippen molar-refractivity contribution in [2.45, 2.75) is 32.4 Å². The topological polar surface area (TPSA) is 57.6 Å². The number of amides is 1. The summed E-state index contributed by atoms with van der Waals surface area (Å²) in [5.41, 5.74) is 3.55. The van der Waals surface area contributed by atoms with Gasteiger partial charge in [0.25, 0.3) is 5.91 Å². The van der Waals surface area contributed by atoms with E-state index in [-0.39, 0.29) is 11.5 Å². The maximum absolute atomic E-state index is 13.3. The second-order valence-corrected chi connectivity index (χ2v) is 8.20. The van der Waals surface area contributed by atoms with Crippen molar-refractivity contribution >= 4 is 23.2 Å². The molecule has 4 rings (SSSR count). The summed E-state index contributed by atoms with van der Waals surface area (Å²) in [5.74, 6) is -0.914. The van der Waals surface area contributed by atoms with E-state index in [0.29, 0.717) is 13.1 Å². The summed E-state index contributed by atoms with van der Waals surface area (Å²) >= 11 is 1.62. The second-order valence-electron chi connectivity index (χ2n) is 7.06. The highest BCUT2D eigenvalue weighted by Gasteiger charge is 2.23. The lowest BCUT2D eigenvalue weighted by Crippen LogP contribution is -2.29. The maximum Gasteiger partial charge on any atom is 0.335 e. The fourth-order valence-electron chi connectivity index (χ4n) is 3.57. The average Bonchev–Trinajstić information content (AvgIpc) is 3.30. The van der Waals surface area contributed by atoms with Gasteiger partial charge in [0.05, 0.1) is 10.4 Å². The summed E-state index contributed by atoms with van der Waals surface area (Å²) < 4.78 is 0. The normalized spacial score (nSPS) is 12.6. The molecule has 0 spiro atoms. The van der Waals surface area contributed by atoms with Gasteiger partial charge >= 0.3 is 5.97 Å². The van der Waals surface area contributed by atoms with E-state index in [9.17, 15) is 9.59 Å². The Morgan fingerprint density at radius 3 is 2.25 bits per heavy atom. The molecule has 2 aromatic carbocycles. The number of rotatable bonds is 6. The molecule has 1 heterocycles. The first kappa shape index (κ1) is 18.4. The Kier molecular flexibility index (Phi) is 5.26. The van der Waals surface area contributed by atoms with E-state index < -0.39 is 5.97 Å². The van der Waals surface area contributed by atoms with Gasteiger partial charge in [-0.3, -0.25) is 4.79 Å². The minimum atomic E-state index is -0.947. The Hall–Kier alpha value is -2.92. The van der Waals surface area contributed by atoms with Gasteiger partial charge in [0.1, 0.15) is 0 Å². The monoisotopic (exact) mass is 391 g/mol. The number of benzene rings is 2. The highest BCUT2D eigenvalue weighted by Crippen LogP contribution is 2.31. The van der Waals surface area contributed by atoms with E-state index in [1.54, 1.807) is 35.6 Å². The summed E-state index contributed by atoms with van der Waals surface area (Å²) in [4.78, 5) is 28.3. The van der Waals surface area contributed by atoms with Gasteiger partial charge in [0, 0.05) is 18.0 Å². The van der Waals surface area contributed by atoms with Crippen LogP contribution >= 0.6 is 11.3 Å². The molecule has 3 aromatic rings. The van der Waals surface area contributed by atoms with Crippen molar-refractivity contribution in [1.82, 2.24) is 4.90 Å². The van der Waals surface area contributed by atoms with Crippen molar-refractivity contribution in [2.75, 3.05) is 0 Å². The number of nitrogens with zero attached hydrogens (tertiary/aromatic N) is 1. The number of aromatic carboxylic acids is 1. The van der Waals surface area contributed by atoms with Gasteiger partial charge in [-0.1, -0.05) is 42.5 Å². The van der Waals surface area contributed by atoms with Crippen LogP contribution in [0.25, 0.3) is 0 Å². The Bertz CT molecular complexity index is 971. The smallest absolute Gasteiger partial charge is 0.335 e. The largest absolute Gasteiger partial charge is 0.478 e. The van der Waals surface area contributed by atoms with E-state index in [4.69, 9.17) is 5.11 Å². The number of thiophene rings is 1. The van der Waals surface area contributed by atoms with Crippen LogP contribution in [0.1, 0.15) is 48.0 Å². The molecule has 4 nitrogen and oxygen atoms in total. The number of carboxylic acid groups (broad SMARTS) is 1. The van der Waals surface area contributed by atoms with Crippen LogP contribution in [0.5, 0.6) is 0 Å². The van der Waals surface area contributed by atoms with Crippen LogP contribution in [-0.2, 0) is 25.9 Å². The minimum Gasteiger partial charge on any atom is -0.478 e. The highest BCUT2D eigenvalue weighted by atomic mass is 32.1. The maximum atomic E-state index is 13.3. The molecule has 0 saturated heterocycles. The molecule has 142 valence electrons. The summed E-state index contributed by atoms with van der Waals surface area (Å²) in [6.45, 7) is 0.957. The molecule has 0 bridgehead atoms. The summed E-state index contributed by atoms with van der Waals surface area (Å²) in [6, 6.07) is 18.7. The molecule has 0 atom stereocenters. The Labute approximate surface area is 168 Å². The van der Waals surface area contributed by atoms with E-state index >= 15 is 0 Å². The van der Waals surface area contributed by atoms with Gasteiger partial charge in [-0.2, -0.15) is 0 Å². The molecule has 0 unspecified atom stereocenters. The SMILES string of the molecule is O=C(O)c1ccc(CN(Cc2ccccc2)C(=O)c2cc3c(s2)CCC3)cc1. The van der Waals surface area contributed by atoms with Crippen LogP contribution in [0.2, 0.25) is 0 Å². The molecule has 5 heteroatoms. The Morgan fingerprint density at radius 1 is 0.929 bits per heavy atom. The molecular formula is C23H21NO3S. The van der Waals surface area contributed by atoms with E-state index in [1.807, 2.05) is 35.2 Å². The zero-order chi connectivity index (χ0) is 19.5. The first-order valence-electron chi connectivity index (χ1n) is 9.37. The van der Waals surface area contributed by atoms with Gasteiger partial charge in [-0.25, -0.2) is 4.79 Å². The fourth-order valence-corrected chi connectivity index (χ4v) is 4.79. The number of hydrogen-bond acceptors (Lipinski definition) is 3. The fraction of sp³-hybridized carbons (Fsp3) is 0.217. The van der Waals surface area contributed by atoms with Crippen molar-refractivity contribution in [2.24, 2.45) is 0 Å². The van der Waals surface area contributed by atoms with Crippen molar-refractivity contribution in [3.05, 3.63) is 92.7 Å². The molecule has 0 radical (unpaired) electrons. The standard InChI is InChI=1S/C23H21NO3S/c25-22(21-13-19-7-4-8-20(19)28-21)24(14-16-5-2-1-3-6-16)15-17-9-11-18(12-10-17)23(26)27/h1-3,5-6,9-13H,4,7-8,14-15H2,(H,26,27). The third-order valence-electron chi connectivity index (χ3n) is 5.04. The van der Waals surface area contributed by atoms with Crippen molar-refractivity contribution < 1.29 is 14.7 Å². The molecule has 0 aliphatic heterocycles. The lowest BCUT2D eigenvalue weighted by atomic mass is 10.1. The van der Waals surface area contributed by atoms with Crippen molar-refractivity contribution in [3.63, 3.8) is 0 Å². The number of aryl methyl sites for hydroxylation is 2. The van der Waals surface area contributed by atoms with Gasteiger partial charge in [0.2, 0.25) is 0 Å². The van der Waals surface area contributed by atoms with Gasteiger partial charge in [-0.15, -0.1) is 11.3 Å². The number of hydrogen-bond donors (Lipinski definition) is 1. The quantitative estimate of drug-likeness (QED) is 0.658. The third-order valence-corrected chi connectivity index (χ3v) is 6.26. The van der Waals surface area contributed by atoms with Crippen molar-refractivity contribution in [1.29, 1.82) is 0 Å². The molecule has 1 N–H and O–H groups in total. The van der Waals surface area contributed by atoms with Crippen LogP contribution in [0.4, 0.5) is 0 Å². The second kappa shape index (κ2) is 7.98. The van der Waals surface area contributed by atoms with Crippen LogP contribution in [0.15, 0.2) is 60.7 Å². The molecule has 0 saturated carbocycles. The molecular weight excluding hydrogens is 370 g/mol. The first-order chi connectivity index (χ1) is 13.6. The summed E-state index contributed by atoms with van der Waals surface area (Å²) in [6.07, 6.45) is 3.32. The van der Waals surface area contributed by atoms with Gasteiger partial charge < -0.3 is 10.0 Å². The average molecular weight is 391 g/mol. The van der Waals surface area contributed by atoms with Crippen LogP contribution in [0.3, 0.4) is 0 Å². The lowest BCUT2D eigenvalue weighted by Gasteiger charge is -2.22. The number of carbonyl (C=O) groups excluding carboxylic acids is 1. The molecule has 1 aliphatic rings. The van der Waals surface area contributed by atoms with Crippen LogP contribution in [0, 0.1) is 0 Å². The van der Waals surface area contributed by atoms with Gasteiger partial charge in [-0.05, 0) is 54.2 Å². The Balaban J connectivity index is 1.59. The molecule has 1 aliphatic carbocycles. The lowest BCUT2D eigenvalue weighted by molar-refractivity contribution is 0.0693. The predicted octanol–water partition coefficient (Wildman–Crippen LogP) is 4.78. The van der Waals surface area contributed by atoms with Crippen LogP contribution < -0.4 is 0 Å². The van der Waals surface area contributed by atoms with Gasteiger partial charge in [0.15, 0.2) is 0 Å². The Morgan fingerprint density at radius 2 is 1.61 bits per heavy atom. The van der Waals surface area contributed by atoms with E-state index in [1.165, 1.54) is 16.9 Å². The summed E-state index contributed by atoms with van der Waals surface area (Å²) in [7, 11) is 0. The summed E-state index contributed by atoms with van der Waals surface area (Å²) in [5, 5.41) is 9.08. The van der Waals surface area contributed by atoms with Crippen LogP contribution in [-0.4, -0.2) is 21.9 Å². The predicted molar refractivity (Wildman–Crippen MR) is 110 cm³/mol. The molecule has 1 aromatic heterocycles. The molecule has 0 fully saturated rings. The van der Waals surface area contributed by atoms with Crippen molar-refractivity contribution in [3.8, 4) is 0 Å². The first-order valence-corrected chi connectivity index (χ1v) is 10.2. The third kappa shape index (κ3) is 3.99. The van der Waals surface area contributed by atoms with E-state index in [2.05, 4.69) is 6.07 Å². The number of fused-ring (bicyclic) bond motifs is 1.